The SMILES string of the molecule is CC(=O)O[C@@H]1CC2CC[C@@H]3[C@H](CC[C@]4(C)[C@@H]([C@H](C)CCCC(C)C)CC[C@@H]34)[C@@]2(C)C2O[C@@H]21. The van der Waals surface area contributed by atoms with Crippen molar-refractivity contribution in [2.45, 2.75) is 124 Å². The summed E-state index contributed by atoms with van der Waals surface area (Å²) >= 11 is 0. The van der Waals surface area contributed by atoms with Crippen LogP contribution >= 0.6 is 0 Å². The van der Waals surface area contributed by atoms with Crippen LogP contribution in [0.1, 0.15) is 106 Å². The molecule has 1 heterocycles. The molecule has 11 atom stereocenters. The van der Waals surface area contributed by atoms with E-state index in [2.05, 4.69) is 34.6 Å². The first kappa shape index (κ1) is 23.2. The Kier molecular flexibility index (Phi) is 6.00. The van der Waals surface area contributed by atoms with Gasteiger partial charge in [-0.1, -0.05) is 53.9 Å². The zero-order chi connectivity index (χ0) is 22.8. The predicted octanol–water partition coefficient (Wildman–Crippen LogP) is 7.03. The lowest BCUT2D eigenvalue weighted by molar-refractivity contribution is -0.155. The van der Waals surface area contributed by atoms with E-state index in [1.807, 2.05) is 0 Å². The largest absolute Gasteiger partial charge is 0.460 e. The molecule has 0 N–H and O–H groups in total. The van der Waals surface area contributed by atoms with Crippen LogP contribution in [0.2, 0.25) is 0 Å². The third kappa shape index (κ3) is 3.59. The van der Waals surface area contributed by atoms with Gasteiger partial charge in [0.15, 0.2) is 0 Å². The topological polar surface area (TPSA) is 38.8 Å². The van der Waals surface area contributed by atoms with Gasteiger partial charge in [-0.15, -0.1) is 0 Å². The second-order valence-corrected chi connectivity index (χ2v) is 13.5. The summed E-state index contributed by atoms with van der Waals surface area (Å²) in [6.45, 7) is 14.1. The Hall–Kier alpha value is -0.570. The van der Waals surface area contributed by atoms with Gasteiger partial charge >= 0.3 is 5.97 Å². The van der Waals surface area contributed by atoms with Crippen LogP contribution in [0.25, 0.3) is 0 Å². The molecule has 0 aromatic rings. The Morgan fingerprint density at radius 1 is 1.03 bits per heavy atom. The molecule has 0 spiro atoms. The molecule has 4 aliphatic carbocycles. The third-order valence-electron chi connectivity index (χ3n) is 11.5. The normalized spacial score (nSPS) is 50.1. The van der Waals surface area contributed by atoms with Crippen molar-refractivity contribution in [3.8, 4) is 0 Å². The van der Waals surface area contributed by atoms with Crippen LogP contribution in [0.4, 0.5) is 0 Å². The number of hydrogen-bond donors (Lipinski definition) is 0. The highest BCUT2D eigenvalue weighted by molar-refractivity contribution is 5.66. The predicted molar refractivity (Wildman–Crippen MR) is 128 cm³/mol. The summed E-state index contributed by atoms with van der Waals surface area (Å²) < 4.78 is 12.0. The molecular formula is C29H48O3. The molecule has 5 rings (SSSR count). The highest BCUT2D eigenvalue weighted by Crippen LogP contribution is 2.70. The van der Waals surface area contributed by atoms with Crippen LogP contribution in [0, 0.1) is 52.3 Å². The van der Waals surface area contributed by atoms with Crippen LogP contribution in [0.3, 0.4) is 0 Å². The number of rotatable bonds is 6. The minimum Gasteiger partial charge on any atom is -0.460 e. The first-order chi connectivity index (χ1) is 15.2. The Morgan fingerprint density at radius 3 is 2.53 bits per heavy atom. The fraction of sp³-hybridized carbons (Fsp3) is 0.966. The Bertz CT molecular complexity index is 717. The minimum absolute atomic E-state index is 0.00327. The van der Waals surface area contributed by atoms with Gasteiger partial charge in [0.2, 0.25) is 0 Å². The highest BCUT2D eigenvalue weighted by atomic mass is 16.6. The molecule has 3 nitrogen and oxygen atoms in total. The maximum atomic E-state index is 11.6. The molecule has 2 unspecified atom stereocenters. The van der Waals surface area contributed by atoms with Crippen molar-refractivity contribution < 1.29 is 14.3 Å². The van der Waals surface area contributed by atoms with Crippen molar-refractivity contribution in [2.24, 2.45) is 52.3 Å². The first-order valence-corrected chi connectivity index (χ1v) is 14.0. The van der Waals surface area contributed by atoms with Crippen molar-refractivity contribution in [2.75, 3.05) is 0 Å². The molecule has 1 saturated heterocycles. The van der Waals surface area contributed by atoms with E-state index in [9.17, 15) is 4.79 Å². The molecular weight excluding hydrogens is 396 g/mol. The van der Waals surface area contributed by atoms with E-state index in [0.29, 0.717) is 22.9 Å². The van der Waals surface area contributed by atoms with Gasteiger partial charge in [0.1, 0.15) is 12.2 Å². The van der Waals surface area contributed by atoms with Crippen molar-refractivity contribution in [1.29, 1.82) is 0 Å². The van der Waals surface area contributed by atoms with E-state index in [-0.39, 0.29) is 18.2 Å². The average molecular weight is 445 g/mol. The molecule has 182 valence electrons. The van der Waals surface area contributed by atoms with Crippen LogP contribution in [-0.2, 0) is 14.3 Å². The Morgan fingerprint density at radius 2 is 1.81 bits per heavy atom. The fourth-order valence-corrected chi connectivity index (χ4v) is 9.96. The minimum atomic E-state index is -0.144. The van der Waals surface area contributed by atoms with Gasteiger partial charge in [-0.3, -0.25) is 4.79 Å². The molecule has 0 amide bonds. The maximum absolute atomic E-state index is 11.6. The second kappa shape index (κ2) is 8.28. The number of epoxide rings is 1. The quantitative estimate of drug-likeness (QED) is 0.326. The zero-order valence-electron chi connectivity index (χ0n) is 21.6. The van der Waals surface area contributed by atoms with Crippen LogP contribution < -0.4 is 0 Å². The molecule has 4 saturated carbocycles. The Balaban J connectivity index is 1.29. The summed E-state index contributed by atoms with van der Waals surface area (Å²) in [7, 11) is 0. The molecule has 0 aromatic carbocycles. The van der Waals surface area contributed by atoms with Crippen molar-refractivity contribution >= 4 is 5.97 Å². The molecule has 3 heteroatoms. The number of carbonyl (C=O) groups excluding carboxylic acids is 1. The molecule has 0 aromatic heterocycles. The van der Waals surface area contributed by atoms with E-state index < -0.39 is 0 Å². The van der Waals surface area contributed by atoms with Gasteiger partial charge in [0.05, 0.1) is 6.10 Å². The lowest BCUT2D eigenvalue weighted by Gasteiger charge is -2.60. The second-order valence-electron chi connectivity index (χ2n) is 13.5. The maximum Gasteiger partial charge on any atom is 0.302 e. The molecule has 5 fully saturated rings. The molecule has 0 radical (unpaired) electrons. The fourth-order valence-electron chi connectivity index (χ4n) is 9.96. The van der Waals surface area contributed by atoms with E-state index >= 15 is 0 Å². The monoisotopic (exact) mass is 444 g/mol. The summed E-state index contributed by atoms with van der Waals surface area (Å²) in [6.07, 6.45) is 14.2. The lowest BCUT2D eigenvalue weighted by Crippen LogP contribution is -2.57. The van der Waals surface area contributed by atoms with Gasteiger partial charge in [0, 0.05) is 12.3 Å². The van der Waals surface area contributed by atoms with E-state index in [4.69, 9.17) is 9.47 Å². The average Bonchev–Trinajstić information content (AvgIpc) is 3.45. The van der Waals surface area contributed by atoms with Gasteiger partial charge in [-0.2, -0.15) is 0 Å². The standard InChI is InChI=1S/C29H48O3/c1-17(2)8-7-9-18(3)22-12-13-23-21-11-10-20-16-25(31-19(4)30)26-27(32-26)29(20,6)24(21)14-15-28(22,23)5/h17-18,20-27H,7-16H2,1-6H3/t18-,20?,21+,22-,23+,24+,25-,26-,27?,28-,29+/m1/s1. The summed E-state index contributed by atoms with van der Waals surface area (Å²) in [5, 5.41) is 0. The van der Waals surface area contributed by atoms with Crippen molar-refractivity contribution in [3.05, 3.63) is 0 Å². The summed E-state index contributed by atoms with van der Waals surface area (Å²) in [5.41, 5.74) is 0.854. The number of fused-ring (bicyclic) bond motifs is 7. The number of esters is 1. The van der Waals surface area contributed by atoms with Crippen molar-refractivity contribution in [3.63, 3.8) is 0 Å². The summed E-state index contributed by atoms with van der Waals surface area (Å²) in [6, 6.07) is 0. The van der Waals surface area contributed by atoms with Crippen LogP contribution in [-0.4, -0.2) is 24.3 Å². The van der Waals surface area contributed by atoms with Crippen molar-refractivity contribution in [1.82, 2.24) is 0 Å². The number of carbonyl (C=O) groups is 1. The van der Waals surface area contributed by atoms with E-state index in [0.717, 1.165) is 41.9 Å². The smallest absolute Gasteiger partial charge is 0.302 e. The van der Waals surface area contributed by atoms with Crippen LogP contribution in [0.5, 0.6) is 0 Å². The van der Waals surface area contributed by atoms with E-state index in [1.54, 1.807) is 6.92 Å². The van der Waals surface area contributed by atoms with Gasteiger partial charge < -0.3 is 9.47 Å². The number of hydrogen-bond acceptors (Lipinski definition) is 3. The van der Waals surface area contributed by atoms with Crippen LogP contribution in [0.15, 0.2) is 0 Å². The first-order valence-electron chi connectivity index (χ1n) is 14.0. The summed E-state index contributed by atoms with van der Waals surface area (Å²) in [5.74, 6) is 5.77. The van der Waals surface area contributed by atoms with Gasteiger partial charge in [-0.05, 0) is 91.8 Å². The van der Waals surface area contributed by atoms with Gasteiger partial charge in [0.25, 0.3) is 0 Å². The number of ether oxygens (including phenoxy) is 2. The van der Waals surface area contributed by atoms with Gasteiger partial charge in [-0.25, -0.2) is 0 Å². The molecule has 32 heavy (non-hydrogen) atoms. The Labute approximate surface area is 196 Å². The summed E-state index contributed by atoms with van der Waals surface area (Å²) in [4.78, 5) is 11.6. The molecule has 0 bridgehead atoms. The lowest BCUT2D eigenvalue weighted by atomic mass is 9.44. The van der Waals surface area contributed by atoms with E-state index in [1.165, 1.54) is 57.8 Å². The molecule has 1 aliphatic heterocycles. The third-order valence-corrected chi connectivity index (χ3v) is 11.5. The molecule has 5 aliphatic rings. The highest BCUT2D eigenvalue weighted by Gasteiger charge is 2.70. The zero-order valence-corrected chi connectivity index (χ0v) is 21.6.